The number of fused-ring (bicyclic) bond motifs is 1. The van der Waals surface area contributed by atoms with E-state index in [9.17, 15) is 0 Å². The number of ether oxygens (including phenoxy) is 1. The first kappa shape index (κ1) is 14.1. The van der Waals surface area contributed by atoms with Crippen LogP contribution in [0.5, 0.6) is 0 Å². The lowest BCUT2D eigenvalue weighted by molar-refractivity contribution is 0.0964. The van der Waals surface area contributed by atoms with Crippen LogP contribution in [0.15, 0.2) is 30.3 Å². The number of hydrogen-bond acceptors (Lipinski definition) is 3. The highest BCUT2D eigenvalue weighted by molar-refractivity contribution is 7.71. The van der Waals surface area contributed by atoms with Crippen LogP contribution in [0.1, 0.15) is 30.5 Å². The van der Waals surface area contributed by atoms with Crippen molar-refractivity contribution in [2.75, 3.05) is 6.61 Å². The Labute approximate surface area is 136 Å². The van der Waals surface area contributed by atoms with Gasteiger partial charge in [-0.05, 0) is 32.1 Å². The van der Waals surface area contributed by atoms with Gasteiger partial charge in [0.1, 0.15) is 10.5 Å². The van der Waals surface area contributed by atoms with Crippen LogP contribution in [0.25, 0.3) is 11.4 Å². The minimum atomic E-state index is 0.315. The first-order valence-electron chi connectivity index (χ1n) is 8.12. The molecule has 0 N–H and O–H groups in total. The van der Waals surface area contributed by atoms with Crippen LogP contribution in [0.2, 0.25) is 0 Å². The van der Waals surface area contributed by atoms with Crippen LogP contribution >= 0.6 is 12.2 Å². The fraction of sp³-hybridized carbons (Fsp3) is 0.444. The van der Waals surface area contributed by atoms with E-state index in [4.69, 9.17) is 21.9 Å². The molecule has 1 aliphatic carbocycles. The van der Waals surface area contributed by atoms with Gasteiger partial charge < -0.3 is 9.30 Å². The third-order valence-corrected chi connectivity index (χ3v) is 5.02. The van der Waals surface area contributed by atoms with Gasteiger partial charge in [-0.2, -0.15) is 0 Å². The average molecular weight is 312 g/mol. The van der Waals surface area contributed by atoms with Crippen molar-refractivity contribution < 1.29 is 4.74 Å². The summed E-state index contributed by atoms with van der Waals surface area (Å²) in [6, 6.07) is 10.4. The van der Waals surface area contributed by atoms with Crippen molar-refractivity contribution in [3.8, 4) is 11.4 Å². The normalized spacial score (nSPS) is 20.3. The van der Waals surface area contributed by atoms with Gasteiger partial charge in [0.05, 0.1) is 12.6 Å². The summed E-state index contributed by atoms with van der Waals surface area (Å²) >= 11 is 5.55. The van der Waals surface area contributed by atoms with E-state index in [1.165, 1.54) is 24.1 Å². The lowest BCUT2D eigenvalue weighted by atomic mass is 10.1. The molecule has 0 bridgehead atoms. The van der Waals surface area contributed by atoms with Gasteiger partial charge in [0.25, 0.3) is 0 Å². The van der Waals surface area contributed by atoms with Crippen molar-refractivity contribution >= 4 is 12.2 Å². The second kappa shape index (κ2) is 5.94. The maximum absolute atomic E-state index is 5.86. The topological polar surface area (TPSA) is 27.1 Å². The molecule has 0 spiro atoms. The molecule has 1 unspecified atom stereocenters. The summed E-state index contributed by atoms with van der Waals surface area (Å²) in [6.45, 7) is 1.79. The van der Waals surface area contributed by atoms with E-state index < -0.39 is 0 Å². The number of nitrogens with zero attached hydrogens (tertiary/aromatic N) is 2. The molecule has 1 atom stereocenters. The van der Waals surface area contributed by atoms with Gasteiger partial charge in [-0.15, -0.1) is 0 Å². The Bertz CT molecular complexity index is 733. The molecular formula is C18H20N2OS. The highest BCUT2D eigenvalue weighted by Gasteiger charge is 2.24. The zero-order valence-electron chi connectivity index (χ0n) is 12.6. The molecule has 0 amide bonds. The van der Waals surface area contributed by atoms with E-state index in [0.29, 0.717) is 6.10 Å². The molecular weight excluding hydrogens is 292 g/mol. The van der Waals surface area contributed by atoms with E-state index in [0.717, 1.165) is 48.4 Å². The van der Waals surface area contributed by atoms with Gasteiger partial charge in [0.15, 0.2) is 0 Å². The molecule has 4 heteroatoms. The molecule has 0 radical (unpaired) electrons. The predicted octanol–water partition coefficient (Wildman–Crippen LogP) is 3.95. The molecule has 1 aromatic carbocycles. The molecule has 3 nitrogen and oxygen atoms in total. The van der Waals surface area contributed by atoms with Crippen molar-refractivity contribution in [2.24, 2.45) is 0 Å². The summed E-state index contributed by atoms with van der Waals surface area (Å²) in [5, 5.41) is 0. The first-order valence-corrected chi connectivity index (χ1v) is 8.53. The number of rotatable bonds is 3. The second-order valence-electron chi connectivity index (χ2n) is 6.13. The van der Waals surface area contributed by atoms with Gasteiger partial charge in [0.2, 0.25) is 0 Å². The van der Waals surface area contributed by atoms with E-state index >= 15 is 0 Å². The zero-order valence-corrected chi connectivity index (χ0v) is 13.4. The Hall–Kier alpha value is -1.52. The average Bonchev–Trinajstić information content (AvgIpc) is 3.22. The van der Waals surface area contributed by atoms with Gasteiger partial charge in [-0.25, -0.2) is 4.98 Å². The Morgan fingerprint density at radius 3 is 2.82 bits per heavy atom. The summed E-state index contributed by atoms with van der Waals surface area (Å²) in [5.41, 5.74) is 3.81. The Balaban J connectivity index is 1.85. The quantitative estimate of drug-likeness (QED) is 0.803. The fourth-order valence-electron chi connectivity index (χ4n) is 3.60. The Morgan fingerprint density at radius 1 is 1.18 bits per heavy atom. The van der Waals surface area contributed by atoms with E-state index in [-0.39, 0.29) is 0 Å². The molecule has 1 saturated heterocycles. The molecule has 22 heavy (non-hydrogen) atoms. The van der Waals surface area contributed by atoms with Crippen molar-refractivity contribution in [3.05, 3.63) is 46.2 Å². The van der Waals surface area contributed by atoms with Gasteiger partial charge in [-0.3, -0.25) is 0 Å². The van der Waals surface area contributed by atoms with Crippen molar-refractivity contribution in [3.63, 3.8) is 0 Å². The molecule has 2 aromatic rings. The zero-order chi connectivity index (χ0) is 14.9. The molecule has 2 heterocycles. The molecule has 1 aliphatic heterocycles. The number of benzene rings is 1. The van der Waals surface area contributed by atoms with Crippen molar-refractivity contribution in [1.29, 1.82) is 0 Å². The minimum Gasteiger partial charge on any atom is -0.376 e. The summed E-state index contributed by atoms with van der Waals surface area (Å²) in [6.07, 6.45) is 5.99. The van der Waals surface area contributed by atoms with E-state index in [1.807, 2.05) is 6.07 Å². The lowest BCUT2D eigenvalue weighted by Gasteiger charge is -2.21. The van der Waals surface area contributed by atoms with Crippen LogP contribution in [0, 0.1) is 4.64 Å². The van der Waals surface area contributed by atoms with Crippen LogP contribution < -0.4 is 0 Å². The van der Waals surface area contributed by atoms with E-state index in [1.54, 1.807) is 0 Å². The summed E-state index contributed by atoms with van der Waals surface area (Å²) in [4.78, 5) is 4.78. The predicted molar refractivity (Wildman–Crippen MR) is 89.5 cm³/mol. The maximum Gasteiger partial charge on any atom is 0.141 e. The highest BCUT2D eigenvalue weighted by Crippen LogP contribution is 2.29. The van der Waals surface area contributed by atoms with E-state index in [2.05, 4.69) is 28.8 Å². The lowest BCUT2D eigenvalue weighted by Crippen LogP contribution is -2.21. The minimum absolute atomic E-state index is 0.315. The number of hydrogen-bond donors (Lipinski definition) is 0. The molecule has 0 saturated carbocycles. The standard InChI is InChI=1S/C18H20N2OS/c22-18-15-9-4-10-16(15)20(12-14-8-5-11-21-14)17(19-18)13-6-2-1-3-7-13/h1-3,6-7,14H,4-5,8-12H2. The summed E-state index contributed by atoms with van der Waals surface area (Å²) < 4.78 is 9.03. The van der Waals surface area contributed by atoms with Crippen LogP contribution in [-0.2, 0) is 24.1 Å². The Kier molecular flexibility index (Phi) is 3.80. The monoisotopic (exact) mass is 312 g/mol. The first-order chi connectivity index (χ1) is 10.8. The van der Waals surface area contributed by atoms with Crippen LogP contribution in [0.4, 0.5) is 0 Å². The number of aromatic nitrogens is 2. The SMILES string of the molecule is S=c1nc(-c2ccccc2)n(CC2CCCO2)c2c1CCC2. The third-order valence-electron chi connectivity index (χ3n) is 4.68. The van der Waals surface area contributed by atoms with Gasteiger partial charge in [0, 0.05) is 23.4 Å². The maximum atomic E-state index is 5.86. The van der Waals surface area contributed by atoms with Gasteiger partial charge in [-0.1, -0.05) is 42.5 Å². The molecule has 1 aromatic heterocycles. The van der Waals surface area contributed by atoms with Crippen molar-refractivity contribution in [1.82, 2.24) is 9.55 Å². The largest absolute Gasteiger partial charge is 0.376 e. The summed E-state index contributed by atoms with van der Waals surface area (Å²) in [7, 11) is 0. The smallest absolute Gasteiger partial charge is 0.141 e. The molecule has 4 rings (SSSR count). The molecule has 1 fully saturated rings. The van der Waals surface area contributed by atoms with Crippen molar-refractivity contribution in [2.45, 2.75) is 44.8 Å². The Morgan fingerprint density at radius 2 is 2.05 bits per heavy atom. The fourth-order valence-corrected chi connectivity index (χ4v) is 3.91. The molecule has 2 aliphatic rings. The highest BCUT2D eigenvalue weighted by atomic mass is 32.1. The summed E-state index contributed by atoms with van der Waals surface area (Å²) in [5.74, 6) is 1.00. The second-order valence-corrected chi connectivity index (χ2v) is 6.52. The molecule has 114 valence electrons. The van der Waals surface area contributed by atoms with Gasteiger partial charge >= 0.3 is 0 Å². The third kappa shape index (κ3) is 2.50. The van der Waals surface area contributed by atoms with Crippen LogP contribution in [-0.4, -0.2) is 22.3 Å². The van der Waals surface area contributed by atoms with Crippen LogP contribution in [0.3, 0.4) is 0 Å².